The lowest BCUT2D eigenvalue weighted by Crippen LogP contribution is -2.36. The van der Waals surface area contributed by atoms with E-state index >= 15 is 8.78 Å². The predicted octanol–water partition coefficient (Wildman–Crippen LogP) is 5.88. The van der Waals surface area contributed by atoms with Crippen molar-refractivity contribution in [3.63, 3.8) is 0 Å². The standard InChI is InChI=1S/C31H43F2N3O4/c1-3-26(21-39-2)40-20-23-9-4-5-12-27(23)28(30(37)38)36-18-15-24(19-36)31(32,33)16-7-6-11-25-14-13-22-10-8-17-34-29(22)35-25/h4-5,9,12-14,24,26,28H,3,6-8,10-11,15-21H2,1-2H3,(H,34,35)(H,37,38). The third-order valence-electron chi connectivity index (χ3n) is 8.19. The Hall–Kier alpha value is -2.62. The van der Waals surface area contributed by atoms with Gasteiger partial charge in [-0.15, -0.1) is 0 Å². The highest BCUT2D eigenvalue weighted by molar-refractivity contribution is 5.76. The molecule has 0 saturated carbocycles. The van der Waals surface area contributed by atoms with E-state index in [0.717, 1.165) is 42.9 Å². The number of alkyl halides is 2. The SMILES string of the molecule is CCC(COC)OCc1ccccc1C(C(=O)O)N1CCC(C(F)(F)CCCCc2ccc3c(n2)NCCC3)C1. The molecule has 2 aliphatic rings. The molecule has 0 bridgehead atoms. The van der Waals surface area contributed by atoms with Gasteiger partial charge in [0.05, 0.1) is 19.3 Å². The highest BCUT2D eigenvalue weighted by Gasteiger charge is 2.45. The topological polar surface area (TPSA) is 83.9 Å². The molecule has 3 unspecified atom stereocenters. The number of halogens is 2. The van der Waals surface area contributed by atoms with Gasteiger partial charge in [0, 0.05) is 38.2 Å². The zero-order valence-corrected chi connectivity index (χ0v) is 23.7. The Morgan fingerprint density at radius 2 is 2.08 bits per heavy atom. The Morgan fingerprint density at radius 3 is 2.85 bits per heavy atom. The molecule has 1 aromatic heterocycles. The van der Waals surface area contributed by atoms with Crippen LogP contribution in [0.15, 0.2) is 36.4 Å². The Labute approximate surface area is 236 Å². The van der Waals surface area contributed by atoms with E-state index in [1.165, 1.54) is 5.56 Å². The number of unbranched alkanes of at least 4 members (excludes halogenated alkanes) is 1. The summed E-state index contributed by atoms with van der Waals surface area (Å²) in [6.07, 6.45) is 4.58. The normalized spacial score (nSPS) is 19.1. The van der Waals surface area contributed by atoms with Crippen molar-refractivity contribution < 1.29 is 28.2 Å². The molecule has 9 heteroatoms. The van der Waals surface area contributed by atoms with Crippen LogP contribution in [0.1, 0.15) is 73.9 Å². The number of anilines is 1. The number of methoxy groups -OCH3 is 1. The number of carboxylic acid groups (broad SMARTS) is 1. The summed E-state index contributed by atoms with van der Waals surface area (Å²) in [5.74, 6) is -3.82. The molecule has 2 aliphatic heterocycles. The number of nitrogens with zero attached hydrogens (tertiary/aromatic N) is 2. The molecule has 7 nitrogen and oxygen atoms in total. The molecular formula is C31H43F2N3O4. The number of nitrogens with one attached hydrogen (secondary N) is 1. The van der Waals surface area contributed by atoms with Crippen LogP contribution in [-0.2, 0) is 33.7 Å². The number of hydrogen-bond acceptors (Lipinski definition) is 6. The van der Waals surface area contributed by atoms with Gasteiger partial charge >= 0.3 is 5.97 Å². The fourth-order valence-electron chi connectivity index (χ4n) is 5.84. The largest absolute Gasteiger partial charge is 0.480 e. The monoisotopic (exact) mass is 559 g/mol. The number of rotatable bonds is 15. The lowest BCUT2D eigenvalue weighted by Gasteiger charge is -2.28. The van der Waals surface area contributed by atoms with Gasteiger partial charge in [-0.05, 0) is 74.2 Å². The molecular weight excluding hydrogens is 516 g/mol. The van der Waals surface area contributed by atoms with E-state index in [9.17, 15) is 9.90 Å². The molecule has 2 aromatic rings. The summed E-state index contributed by atoms with van der Waals surface area (Å²) in [5.41, 5.74) is 3.50. The zero-order chi connectivity index (χ0) is 28.5. The van der Waals surface area contributed by atoms with Crippen LogP contribution in [0.2, 0.25) is 0 Å². The third kappa shape index (κ3) is 7.77. The van der Waals surface area contributed by atoms with Crippen LogP contribution in [0.25, 0.3) is 0 Å². The van der Waals surface area contributed by atoms with E-state index in [4.69, 9.17) is 9.47 Å². The molecule has 1 saturated heterocycles. The van der Waals surface area contributed by atoms with E-state index in [2.05, 4.69) is 16.4 Å². The average Bonchev–Trinajstić information content (AvgIpc) is 3.44. The fraction of sp³-hybridized carbons (Fsp3) is 0.613. The van der Waals surface area contributed by atoms with Gasteiger partial charge in [0.1, 0.15) is 11.9 Å². The lowest BCUT2D eigenvalue weighted by atomic mass is 9.94. The molecule has 4 rings (SSSR count). The molecule has 1 fully saturated rings. The van der Waals surface area contributed by atoms with Crippen molar-refractivity contribution in [3.05, 3.63) is 58.8 Å². The molecule has 2 N–H and O–H groups in total. The molecule has 1 aromatic carbocycles. The number of aliphatic carboxylic acids is 1. The summed E-state index contributed by atoms with van der Waals surface area (Å²) in [5, 5.41) is 13.5. The van der Waals surface area contributed by atoms with E-state index in [-0.39, 0.29) is 32.1 Å². The van der Waals surface area contributed by atoms with Crippen molar-refractivity contribution in [3.8, 4) is 0 Å². The third-order valence-corrected chi connectivity index (χ3v) is 8.19. The number of hydrogen-bond donors (Lipinski definition) is 2. The van der Waals surface area contributed by atoms with Crippen LogP contribution in [0.5, 0.6) is 0 Å². The number of likely N-dealkylation sites (tertiary alicyclic amines) is 1. The summed E-state index contributed by atoms with van der Waals surface area (Å²) in [6.45, 7) is 3.99. The van der Waals surface area contributed by atoms with Crippen molar-refractivity contribution >= 4 is 11.8 Å². The molecule has 3 heterocycles. The van der Waals surface area contributed by atoms with Gasteiger partial charge in [0.15, 0.2) is 0 Å². The average molecular weight is 560 g/mol. The summed E-state index contributed by atoms with van der Waals surface area (Å²) in [7, 11) is 1.62. The number of benzene rings is 1. The fourth-order valence-corrected chi connectivity index (χ4v) is 5.84. The minimum Gasteiger partial charge on any atom is -0.480 e. The maximum Gasteiger partial charge on any atom is 0.325 e. The van der Waals surface area contributed by atoms with Crippen LogP contribution < -0.4 is 5.32 Å². The number of aromatic nitrogens is 1. The van der Waals surface area contributed by atoms with Crippen molar-refractivity contribution in [1.29, 1.82) is 0 Å². The first-order chi connectivity index (χ1) is 19.3. The van der Waals surface area contributed by atoms with Gasteiger partial charge < -0.3 is 19.9 Å². The van der Waals surface area contributed by atoms with Gasteiger partial charge in [-0.3, -0.25) is 9.69 Å². The van der Waals surface area contributed by atoms with Crippen LogP contribution in [-0.4, -0.2) is 66.3 Å². The summed E-state index contributed by atoms with van der Waals surface area (Å²) >= 11 is 0. The Morgan fingerprint density at radius 1 is 1.25 bits per heavy atom. The molecule has 0 amide bonds. The number of fused-ring (bicyclic) bond motifs is 1. The Balaban J connectivity index is 1.32. The van der Waals surface area contributed by atoms with E-state index < -0.39 is 23.9 Å². The first kappa shape index (κ1) is 30.3. The van der Waals surface area contributed by atoms with Gasteiger partial charge in [-0.2, -0.15) is 0 Å². The molecule has 220 valence electrons. The van der Waals surface area contributed by atoms with Crippen LogP contribution in [0.4, 0.5) is 14.6 Å². The number of carboxylic acids is 1. The molecule has 0 radical (unpaired) electrons. The first-order valence-electron chi connectivity index (χ1n) is 14.6. The number of ether oxygens (including phenoxy) is 2. The number of carbonyl (C=O) groups is 1. The summed E-state index contributed by atoms with van der Waals surface area (Å²) in [6, 6.07) is 10.4. The van der Waals surface area contributed by atoms with Crippen LogP contribution in [0, 0.1) is 5.92 Å². The highest BCUT2D eigenvalue weighted by Crippen LogP contribution is 2.40. The number of pyridine rings is 1. The van der Waals surface area contributed by atoms with Crippen molar-refractivity contribution in [2.75, 3.05) is 38.7 Å². The maximum absolute atomic E-state index is 15.3. The van der Waals surface area contributed by atoms with Crippen molar-refractivity contribution in [2.45, 2.75) is 83.0 Å². The second-order valence-corrected chi connectivity index (χ2v) is 11.0. The molecule has 0 spiro atoms. The second kappa shape index (κ2) is 14.3. The highest BCUT2D eigenvalue weighted by atomic mass is 19.3. The van der Waals surface area contributed by atoms with Crippen molar-refractivity contribution in [2.24, 2.45) is 5.92 Å². The first-order valence-corrected chi connectivity index (χ1v) is 14.6. The van der Waals surface area contributed by atoms with E-state index in [1.54, 1.807) is 24.1 Å². The van der Waals surface area contributed by atoms with Gasteiger partial charge in [-0.25, -0.2) is 13.8 Å². The van der Waals surface area contributed by atoms with Crippen LogP contribution in [0.3, 0.4) is 0 Å². The summed E-state index contributed by atoms with van der Waals surface area (Å²) in [4.78, 5) is 18.8. The lowest BCUT2D eigenvalue weighted by molar-refractivity contribution is -0.143. The predicted molar refractivity (Wildman–Crippen MR) is 151 cm³/mol. The van der Waals surface area contributed by atoms with E-state index in [0.29, 0.717) is 38.0 Å². The van der Waals surface area contributed by atoms with E-state index in [1.807, 2.05) is 25.1 Å². The van der Waals surface area contributed by atoms with Gasteiger partial charge in [0.25, 0.3) is 5.92 Å². The zero-order valence-electron chi connectivity index (χ0n) is 23.7. The van der Waals surface area contributed by atoms with Gasteiger partial charge in [0.2, 0.25) is 0 Å². The summed E-state index contributed by atoms with van der Waals surface area (Å²) < 4.78 is 41.8. The molecule has 40 heavy (non-hydrogen) atoms. The number of aryl methyl sites for hydroxylation is 2. The Bertz CT molecular complexity index is 1120. The van der Waals surface area contributed by atoms with Crippen LogP contribution >= 0.6 is 0 Å². The minimum absolute atomic E-state index is 0.0540. The second-order valence-electron chi connectivity index (χ2n) is 11.0. The van der Waals surface area contributed by atoms with Gasteiger partial charge in [-0.1, -0.05) is 37.3 Å². The Kier molecular flexibility index (Phi) is 10.9. The quantitative estimate of drug-likeness (QED) is 0.264. The minimum atomic E-state index is -2.85. The van der Waals surface area contributed by atoms with Crippen molar-refractivity contribution in [1.82, 2.24) is 9.88 Å². The molecule has 3 atom stereocenters. The maximum atomic E-state index is 15.3. The smallest absolute Gasteiger partial charge is 0.325 e. The molecule has 0 aliphatic carbocycles.